The van der Waals surface area contributed by atoms with E-state index in [4.69, 9.17) is 5.11 Å². The molecule has 0 fully saturated rings. The number of likely N-dealkylation sites (N-methyl/N-ethyl adjacent to an activating group) is 1. The van der Waals surface area contributed by atoms with Gasteiger partial charge in [-0.15, -0.1) is 11.3 Å². The first kappa shape index (κ1) is 13.3. The molecule has 0 aliphatic carbocycles. The molecule has 6 nitrogen and oxygen atoms in total. The number of anilines is 1. The molecule has 100 valence electrons. The van der Waals surface area contributed by atoms with Crippen LogP contribution in [0.25, 0.3) is 10.2 Å². The van der Waals surface area contributed by atoms with Crippen LogP contribution in [-0.4, -0.2) is 40.1 Å². The molecular formula is C12H13N3O3S. The summed E-state index contributed by atoms with van der Waals surface area (Å²) < 4.78 is 0.971. The molecule has 0 saturated heterocycles. The molecule has 1 aromatic carbocycles. The van der Waals surface area contributed by atoms with Crippen molar-refractivity contribution in [3.63, 3.8) is 0 Å². The van der Waals surface area contributed by atoms with Gasteiger partial charge in [-0.1, -0.05) is 0 Å². The first-order valence-electron chi connectivity index (χ1n) is 5.71. The van der Waals surface area contributed by atoms with E-state index in [2.05, 4.69) is 10.3 Å². The summed E-state index contributed by atoms with van der Waals surface area (Å²) in [7, 11) is 0. The van der Waals surface area contributed by atoms with Crippen molar-refractivity contribution >= 4 is 39.2 Å². The van der Waals surface area contributed by atoms with Crippen LogP contribution in [0.4, 0.5) is 10.5 Å². The van der Waals surface area contributed by atoms with Crippen LogP contribution in [0.15, 0.2) is 23.7 Å². The van der Waals surface area contributed by atoms with Crippen molar-refractivity contribution in [3.8, 4) is 0 Å². The molecular weight excluding hydrogens is 266 g/mol. The van der Waals surface area contributed by atoms with Gasteiger partial charge in [0.05, 0.1) is 15.7 Å². The summed E-state index contributed by atoms with van der Waals surface area (Å²) in [4.78, 5) is 27.9. The third-order valence-electron chi connectivity index (χ3n) is 2.58. The van der Waals surface area contributed by atoms with Crippen LogP contribution in [0, 0.1) is 0 Å². The highest BCUT2D eigenvalue weighted by molar-refractivity contribution is 7.16. The smallest absolute Gasteiger partial charge is 0.323 e. The highest BCUT2D eigenvalue weighted by atomic mass is 32.1. The Kier molecular flexibility index (Phi) is 3.96. The van der Waals surface area contributed by atoms with E-state index in [1.165, 1.54) is 16.2 Å². The summed E-state index contributed by atoms with van der Waals surface area (Å²) in [5.41, 5.74) is 3.24. The predicted octanol–water partition coefficient (Wildman–Crippen LogP) is 2.23. The zero-order valence-corrected chi connectivity index (χ0v) is 11.1. The lowest BCUT2D eigenvalue weighted by Gasteiger charge is -2.19. The van der Waals surface area contributed by atoms with Gasteiger partial charge < -0.3 is 15.3 Å². The molecule has 0 radical (unpaired) electrons. The van der Waals surface area contributed by atoms with Crippen LogP contribution in [0.5, 0.6) is 0 Å². The Labute approximate surface area is 113 Å². The number of nitrogens with zero attached hydrogens (tertiary/aromatic N) is 2. The number of rotatable bonds is 4. The maximum Gasteiger partial charge on any atom is 0.323 e. The van der Waals surface area contributed by atoms with Gasteiger partial charge in [0, 0.05) is 12.2 Å². The molecule has 2 N–H and O–H groups in total. The minimum absolute atomic E-state index is 0.314. The number of urea groups is 1. The molecule has 2 amide bonds. The molecule has 19 heavy (non-hydrogen) atoms. The number of carboxylic acid groups (broad SMARTS) is 1. The number of aromatic nitrogens is 1. The van der Waals surface area contributed by atoms with E-state index in [1.54, 1.807) is 18.5 Å². The van der Waals surface area contributed by atoms with Crippen molar-refractivity contribution < 1.29 is 14.7 Å². The fraction of sp³-hybridized carbons (Fsp3) is 0.250. The summed E-state index contributed by atoms with van der Waals surface area (Å²) in [6, 6.07) is 4.96. The second-order valence-electron chi connectivity index (χ2n) is 3.87. The highest BCUT2D eigenvalue weighted by Gasteiger charge is 2.15. The van der Waals surface area contributed by atoms with Gasteiger partial charge in [0.15, 0.2) is 0 Å². The molecule has 1 heterocycles. The Morgan fingerprint density at radius 3 is 2.95 bits per heavy atom. The van der Waals surface area contributed by atoms with Crippen LogP contribution in [0.1, 0.15) is 6.92 Å². The molecule has 0 unspecified atom stereocenters. The third-order valence-corrected chi connectivity index (χ3v) is 3.37. The minimum atomic E-state index is -1.03. The second-order valence-corrected chi connectivity index (χ2v) is 4.76. The number of amides is 2. The average Bonchev–Trinajstić information content (AvgIpc) is 2.82. The highest BCUT2D eigenvalue weighted by Crippen LogP contribution is 2.21. The maximum atomic E-state index is 11.9. The monoisotopic (exact) mass is 279 g/mol. The molecule has 0 aliphatic rings. The van der Waals surface area contributed by atoms with E-state index >= 15 is 0 Å². The zero-order chi connectivity index (χ0) is 13.8. The van der Waals surface area contributed by atoms with E-state index in [-0.39, 0.29) is 6.54 Å². The van der Waals surface area contributed by atoms with Crippen molar-refractivity contribution in [2.24, 2.45) is 0 Å². The Balaban J connectivity index is 2.10. The summed E-state index contributed by atoms with van der Waals surface area (Å²) in [5.74, 6) is -1.03. The van der Waals surface area contributed by atoms with Gasteiger partial charge in [0.25, 0.3) is 0 Å². The molecule has 2 rings (SSSR count). The van der Waals surface area contributed by atoms with Crippen molar-refractivity contribution in [1.29, 1.82) is 0 Å². The first-order valence-corrected chi connectivity index (χ1v) is 6.59. The van der Waals surface area contributed by atoms with E-state index < -0.39 is 12.0 Å². The lowest BCUT2D eigenvalue weighted by atomic mass is 10.3. The van der Waals surface area contributed by atoms with E-state index in [0.29, 0.717) is 12.2 Å². The fourth-order valence-electron chi connectivity index (χ4n) is 1.63. The molecule has 0 bridgehead atoms. The number of fused-ring (bicyclic) bond motifs is 1. The molecule has 2 aromatic rings. The van der Waals surface area contributed by atoms with E-state index in [0.717, 1.165) is 10.2 Å². The Hall–Kier alpha value is -2.15. The Morgan fingerprint density at radius 1 is 1.47 bits per heavy atom. The fourth-order valence-corrected chi connectivity index (χ4v) is 2.34. The van der Waals surface area contributed by atoms with Crippen LogP contribution in [-0.2, 0) is 4.79 Å². The van der Waals surface area contributed by atoms with Gasteiger partial charge in [-0.25, -0.2) is 9.78 Å². The number of thiazole rings is 1. The van der Waals surface area contributed by atoms with Gasteiger partial charge in [-0.2, -0.15) is 0 Å². The summed E-state index contributed by atoms with van der Waals surface area (Å²) in [6.07, 6.45) is 0. The standard InChI is InChI=1S/C12H13N3O3S/c1-2-15(6-11(16)17)12(18)14-8-3-4-9-10(5-8)19-7-13-9/h3-5,7H,2,6H2,1H3,(H,14,18)(H,16,17). The predicted molar refractivity (Wildman–Crippen MR) is 73.5 cm³/mol. The van der Waals surface area contributed by atoms with Crippen molar-refractivity contribution in [1.82, 2.24) is 9.88 Å². The summed E-state index contributed by atoms with van der Waals surface area (Å²) >= 11 is 1.48. The Bertz CT molecular complexity index is 611. The van der Waals surface area contributed by atoms with Crippen molar-refractivity contribution in [2.45, 2.75) is 6.92 Å². The van der Waals surface area contributed by atoms with Gasteiger partial charge >= 0.3 is 12.0 Å². The largest absolute Gasteiger partial charge is 0.480 e. The number of carboxylic acids is 1. The number of carbonyl (C=O) groups excluding carboxylic acids is 1. The Morgan fingerprint density at radius 2 is 2.26 bits per heavy atom. The lowest BCUT2D eigenvalue weighted by Crippen LogP contribution is -2.38. The van der Waals surface area contributed by atoms with Gasteiger partial charge in [-0.05, 0) is 25.1 Å². The van der Waals surface area contributed by atoms with E-state index in [9.17, 15) is 9.59 Å². The van der Waals surface area contributed by atoms with Crippen LogP contribution in [0.2, 0.25) is 0 Å². The number of aliphatic carboxylic acids is 1. The number of benzene rings is 1. The summed E-state index contributed by atoms with van der Waals surface area (Å²) in [5, 5.41) is 11.4. The van der Waals surface area contributed by atoms with Gasteiger partial charge in [0.2, 0.25) is 0 Å². The SMILES string of the molecule is CCN(CC(=O)O)C(=O)Nc1ccc2ncsc2c1. The molecule has 7 heteroatoms. The summed E-state index contributed by atoms with van der Waals surface area (Å²) in [6.45, 7) is 1.75. The van der Waals surface area contributed by atoms with E-state index in [1.807, 2.05) is 12.1 Å². The molecule has 0 spiro atoms. The normalized spacial score (nSPS) is 10.4. The zero-order valence-electron chi connectivity index (χ0n) is 10.3. The quantitative estimate of drug-likeness (QED) is 0.899. The minimum Gasteiger partial charge on any atom is -0.480 e. The number of hydrogen-bond donors (Lipinski definition) is 2. The van der Waals surface area contributed by atoms with Crippen LogP contribution in [0.3, 0.4) is 0 Å². The lowest BCUT2D eigenvalue weighted by molar-refractivity contribution is -0.137. The number of hydrogen-bond acceptors (Lipinski definition) is 4. The van der Waals surface area contributed by atoms with Crippen LogP contribution >= 0.6 is 11.3 Å². The number of carbonyl (C=O) groups is 2. The molecule has 0 atom stereocenters. The molecule has 0 aliphatic heterocycles. The maximum absolute atomic E-state index is 11.9. The average molecular weight is 279 g/mol. The van der Waals surface area contributed by atoms with Gasteiger partial charge in [-0.3, -0.25) is 4.79 Å². The second kappa shape index (κ2) is 5.66. The molecule has 0 saturated carbocycles. The topological polar surface area (TPSA) is 82.5 Å². The van der Waals surface area contributed by atoms with Crippen molar-refractivity contribution in [3.05, 3.63) is 23.7 Å². The first-order chi connectivity index (χ1) is 9.10. The van der Waals surface area contributed by atoms with Crippen LogP contribution < -0.4 is 5.32 Å². The number of nitrogens with one attached hydrogen (secondary N) is 1. The third kappa shape index (κ3) is 3.19. The molecule has 1 aromatic heterocycles. The van der Waals surface area contributed by atoms with Gasteiger partial charge in [0.1, 0.15) is 6.54 Å². The van der Waals surface area contributed by atoms with Crippen molar-refractivity contribution in [2.75, 3.05) is 18.4 Å².